The summed E-state index contributed by atoms with van der Waals surface area (Å²) in [4.78, 5) is 17.0. The molecule has 0 fully saturated rings. The monoisotopic (exact) mass is 261 g/mol. The van der Waals surface area contributed by atoms with Gasteiger partial charge in [0.1, 0.15) is 0 Å². The van der Waals surface area contributed by atoms with Crippen LogP contribution in [-0.2, 0) is 0 Å². The van der Waals surface area contributed by atoms with E-state index < -0.39 is 0 Å². The molecule has 102 valence electrons. The Hall–Kier alpha value is -1.98. The number of nitrogen functional groups attached to an aromatic ring is 1. The molecule has 0 aliphatic rings. The van der Waals surface area contributed by atoms with Gasteiger partial charge in [-0.2, -0.15) is 9.97 Å². The van der Waals surface area contributed by atoms with Gasteiger partial charge in [-0.25, -0.2) is 9.97 Å². The predicted molar refractivity (Wildman–Crippen MR) is 74.0 cm³/mol. The molecule has 0 amide bonds. The Kier molecular flexibility index (Phi) is 4.09. The SMILES string of the molecule is CCCCCOc1nc(N)nc2nc(C)c(C)nc12. The largest absolute Gasteiger partial charge is 0.476 e. The third-order valence-electron chi connectivity index (χ3n) is 2.91. The lowest BCUT2D eigenvalue weighted by Gasteiger charge is -2.09. The zero-order chi connectivity index (χ0) is 13.8. The molecule has 0 aliphatic heterocycles. The number of anilines is 1. The van der Waals surface area contributed by atoms with Gasteiger partial charge in [-0.15, -0.1) is 0 Å². The Morgan fingerprint density at radius 1 is 1.00 bits per heavy atom. The number of unbranched alkanes of at least 4 members (excludes halogenated alkanes) is 2. The van der Waals surface area contributed by atoms with E-state index in [1.165, 1.54) is 0 Å². The number of fused-ring (bicyclic) bond motifs is 1. The normalized spacial score (nSPS) is 10.9. The molecule has 19 heavy (non-hydrogen) atoms. The summed E-state index contributed by atoms with van der Waals surface area (Å²) in [5.41, 5.74) is 8.42. The third-order valence-corrected chi connectivity index (χ3v) is 2.91. The summed E-state index contributed by atoms with van der Waals surface area (Å²) in [5, 5.41) is 0. The summed E-state index contributed by atoms with van der Waals surface area (Å²) in [6.07, 6.45) is 3.26. The van der Waals surface area contributed by atoms with Gasteiger partial charge in [-0.3, -0.25) is 0 Å². The van der Waals surface area contributed by atoms with Crippen molar-refractivity contribution < 1.29 is 4.74 Å². The second kappa shape index (κ2) is 5.77. The van der Waals surface area contributed by atoms with Gasteiger partial charge in [0.05, 0.1) is 18.0 Å². The van der Waals surface area contributed by atoms with E-state index in [2.05, 4.69) is 26.9 Å². The maximum atomic E-state index is 5.67. The number of aryl methyl sites for hydroxylation is 2. The summed E-state index contributed by atoms with van der Waals surface area (Å²) in [5.74, 6) is 0.588. The zero-order valence-electron chi connectivity index (χ0n) is 11.6. The Bertz CT molecular complexity index is 585. The van der Waals surface area contributed by atoms with Crippen molar-refractivity contribution in [2.75, 3.05) is 12.3 Å². The van der Waals surface area contributed by atoms with Crippen LogP contribution in [0.5, 0.6) is 5.88 Å². The molecule has 2 heterocycles. The van der Waals surface area contributed by atoms with Gasteiger partial charge in [0.2, 0.25) is 11.8 Å². The molecule has 0 aromatic carbocycles. The standard InChI is InChI=1S/C13H19N5O/c1-4-5-6-7-19-12-10-11(17-13(14)18-12)16-9(3)8(2)15-10/h4-7H2,1-3H3,(H2,14,16,17,18). The summed E-state index contributed by atoms with van der Waals surface area (Å²) in [6, 6.07) is 0. The maximum absolute atomic E-state index is 5.67. The van der Waals surface area contributed by atoms with Crippen LogP contribution in [-0.4, -0.2) is 26.5 Å². The van der Waals surface area contributed by atoms with Gasteiger partial charge in [-0.1, -0.05) is 19.8 Å². The maximum Gasteiger partial charge on any atom is 0.247 e. The highest BCUT2D eigenvalue weighted by Crippen LogP contribution is 2.21. The fourth-order valence-corrected chi connectivity index (χ4v) is 1.72. The van der Waals surface area contributed by atoms with E-state index >= 15 is 0 Å². The lowest BCUT2D eigenvalue weighted by Crippen LogP contribution is -2.06. The molecule has 0 aliphatic carbocycles. The van der Waals surface area contributed by atoms with Crippen molar-refractivity contribution in [2.45, 2.75) is 40.0 Å². The van der Waals surface area contributed by atoms with Crippen molar-refractivity contribution in [3.63, 3.8) is 0 Å². The topological polar surface area (TPSA) is 86.8 Å². The first-order valence-corrected chi connectivity index (χ1v) is 6.53. The molecular weight excluding hydrogens is 242 g/mol. The van der Waals surface area contributed by atoms with Crippen molar-refractivity contribution in [1.82, 2.24) is 19.9 Å². The van der Waals surface area contributed by atoms with Crippen LogP contribution < -0.4 is 10.5 Å². The minimum Gasteiger partial charge on any atom is -0.476 e. The molecule has 2 rings (SSSR count). The summed E-state index contributed by atoms with van der Waals surface area (Å²) < 4.78 is 5.66. The van der Waals surface area contributed by atoms with Crippen molar-refractivity contribution in [3.8, 4) is 5.88 Å². The van der Waals surface area contributed by atoms with Gasteiger partial charge in [0.15, 0.2) is 11.2 Å². The van der Waals surface area contributed by atoms with E-state index in [4.69, 9.17) is 10.5 Å². The summed E-state index contributed by atoms with van der Waals surface area (Å²) in [6.45, 7) is 6.55. The number of rotatable bonds is 5. The molecule has 0 saturated heterocycles. The summed E-state index contributed by atoms with van der Waals surface area (Å²) in [7, 11) is 0. The molecule has 2 N–H and O–H groups in total. The van der Waals surface area contributed by atoms with Crippen molar-refractivity contribution in [2.24, 2.45) is 0 Å². The fourth-order valence-electron chi connectivity index (χ4n) is 1.72. The molecule has 0 radical (unpaired) electrons. The van der Waals surface area contributed by atoms with Gasteiger partial charge in [0.25, 0.3) is 0 Å². The Labute approximate surface area is 112 Å². The molecule has 0 bridgehead atoms. The smallest absolute Gasteiger partial charge is 0.247 e. The number of ether oxygens (including phenoxy) is 1. The molecule has 0 atom stereocenters. The lowest BCUT2D eigenvalue weighted by molar-refractivity contribution is 0.298. The van der Waals surface area contributed by atoms with E-state index in [0.717, 1.165) is 30.7 Å². The van der Waals surface area contributed by atoms with Gasteiger partial charge in [0, 0.05) is 0 Å². The van der Waals surface area contributed by atoms with Crippen LogP contribution in [0.25, 0.3) is 11.2 Å². The van der Waals surface area contributed by atoms with E-state index in [-0.39, 0.29) is 5.95 Å². The van der Waals surface area contributed by atoms with Crippen molar-refractivity contribution >= 4 is 17.1 Å². The highest BCUT2D eigenvalue weighted by Gasteiger charge is 2.12. The predicted octanol–water partition coefficient (Wildman–Crippen LogP) is 2.19. The van der Waals surface area contributed by atoms with Crippen LogP contribution in [0, 0.1) is 13.8 Å². The number of nitrogens with zero attached hydrogens (tertiary/aromatic N) is 4. The number of hydrogen-bond acceptors (Lipinski definition) is 6. The second-order valence-corrected chi connectivity index (χ2v) is 4.51. The molecular formula is C13H19N5O. The van der Waals surface area contributed by atoms with E-state index in [1.54, 1.807) is 0 Å². The quantitative estimate of drug-likeness (QED) is 0.830. The number of nitrogens with two attached hydrogens (primary N) is 1. The third kappa shape index (κ3) is 3.07. The number of aromatic nitrogens is 4. The molecule has 0 unspecified atom stereocenters. The molecule has 6 heteroatoms. The highest BCUT2D eigenvalue weighted by molar-refractivity contribution is 5.76. The number of hydrogen-bond donors (Lipinski definition) is 1. The summed E-state index contributed by atoms with van der Waals surface area (Å²) >= 11 is 0. The molecule has 6 nitrogen and oxygen atoms in total. The van der Waals surface area contributed by atoms with Crippen molar-refractivity contribution in [3.05, 3.63) is 11.4 Å². The van der Waals surface area contributed by atoms with E-state index in [0.29, 0.717) is 23.7 Å². The fraction of sp³-hybridized carbons (Fsp3) is 0.538. The van der Waals surface area contributed by atoms with Crippen LogP contribution in [0.4, 0.5) is 5.95 Å². The van der Waals surface area contributed by atoms with Gasteiger partial charge >= 0.3 is 0 Å². The zero-order valence-corrected chi connectivity index (χ0v) is 11.6. The lowest BCUT2D eigenvalue weighted by atomic mass is 10.3. The molecule has 2 aromatic heterocycles. The van der Waals surface area contributed by atoms with Crippen LogP contribution >= 0.6 is 0 Å². The van der Waals surface area contributed by atoms with Crippen LogP contribution in [0.15, 0.2) is 0 Å². The van der Waals surface area contributed by atoms with Crippen LogP contribution in [0.3, 0.4) is 0 Å². The minimum atomic E-state index is 0.163. The van der Waals surface area contributed by atoms with Crippen LogP contribution in [0.1, 0.15) is 37.6 Å². The van der Waals surface area contributed by atoms with Gasteiger partial charge < -0.3 is 10.5 Å². The van der Waals surface area contributed by atoms with Crippen LogP contribution in [0.2, 0.25) is 0 Å². The van der Waals surface area contributed by atoms with E-state index in [1.807, 2.05) is 13.8 Å². The Balaban J connectivity index is 2.33. The first-order chi connectivity index (χ1) is 9.11. The molecule has 0 spiro atoms. The van der Waals surface area contributed by atoms with E-state index in [9.17, 15) is 0 Å². The first kappa shape index (κ1) is 13.5. The van der Waals surface area contributed by atoms with Crippen molar-refractivity contribution in [1.29, 1.82) is 0 Å². The molecule has 0 saturated carbocycles. The first-order valence-electron chi connectivity index (χ1n) is 6.53. The average Bonchev–Trinajstić information content (AvgIpc) is 2.36. The Morgan fingerprint density at radius 2 is 1.74 bits per heavy atom. The van der Waals surface area contributed by atoms with Gasteiger partial charge in [-0.05, 0) is 20.3 Å². The Morgan fingerprint density at radius 3 is 2.47 bits per heavy atom. The minimum absolute atomic E-state index is 0.163. The molecule has 2 aromatic rings. The highest BCUT2D eigenvalue weighted by atomic mass is 16.5. The second-order valence-electron chi connectivity index (χ2n) is 4.51. The average molecular weight is 261 g/mol.